The predicted octanol–water partition coefficient (Wildman–Crippen LogP) is 3.11. The van der Waals surface area contributed by atoms with E-state index in [1.54, 1.807) is 12.3 Å². The zero-order chi connectivity index (χ0) is 11.4. The highest BCUT2D eigenvalue weighted by atomic mass is 32.1. The Morgan fingerprint density at radius 3 is 2.94 bits per heavy atom. The Bertz CT molecular complexity index is 493. The Morgan fingerprint density at radius 2 is 2.25 bits per heavy atom. The van der Waals surface area contributed by atoms with Gasteiger partial charge in [0.2, 0.25) is 0 Å². The molecule has 0 aromatic carbocycles. The van der Waals surface area contributed by atoms with Crippen LogP contribution in [0.4, 0.5) is 4.39 Å². The maximum atomic E-state index is 13.4. The van der Waals surface area contributed by atoms with Crippen molar-refractivity contribution in [2.45, 2.75) is 0 Å². The van der Waals surface area contributed by atoms with E-state index in [9.17, 15) is 4.39 Å². The number of aliphatic hydroxyl groups excluding tert-OH is 1. The fourth-order valence-corrected chi connectivity index (χ4v) is 2.21. The first-order valence-corrected chi connectivity index (χ1v) is 5.61. The van der Waals surface area contributed by atoms with Gasteiger partial charge in [-0.2, -0.15) is 0 Å². The Balaban J connectivity index is 2.30. The van der Waals surface area contributed by atoms with Crippen LogP contribution in [0.1, 0.15) is 4.88 Å². The summed E-state index contributed by atoms with van der Waals surface area (Å²) in [6, 6.07) is 9.12. The van der Waals surface area contributed by atoms with Crippen LogP contribution in [0, 0.1) is 0 Å². The minimum atomic E-state index is -0.394. The zero-order valence-electron chi connectivity index (χ0n) is 8.43. The van der Waals surface area contributed by atoms with Gasteiger partial charge in [-0.1, -0.05) is 6.07 Å². The van der Waals surface area contributed by atoms with Gasteiger partial charge in [-0.25, -0.2) is 4.39 Å². The molecule has 2 nitrogen and oxygen atoms in total. The van der Waals surface area contributed by atoms with Crippen LogP contribution in [0.15, 0.2) is 42.6 Å². The van der Waals surface area contributed by atoms with Gasteiger partial charge < -0.3 is 5.11 Å². The van der Waals surface area contributed by atoms with E-state index < -0.39 is 5.83 Å². The summed E-state index contributed by atoms with van der Waals surface area (Å²) in [5.41, 5.74) is 0.829. The van der Waals surface area contributed by atoms with Gasteiger partial charge in [0.15, 0.2) is 0 Å². The van der Waals surface area contributed by atoms with Crippen LogP contribution in [-0.4, -0.2) is 16.7 Å². The molecule has 0 aliphatic rings. The van der Waals surface area contributed by atoms with Gasteiger partial charge in [0, 0.05) is 6.20 Å². The van der Waals surface area contributed by atoms with Crippen LogP contribution in [0.25, 0.3) is 16.4 Å². The van der Waals surface area contributed by atoms with E-state index in [1.807, 2.05) is 24.3 Å². The maximum absolute atomic E-state index is 13.4. The molecule has 82 valence electrons. The lowest BCUT2D eigenvalue weighted by atomic mass is 10.3. The first kappa shape index (κ1) is 11.0. The van der Waals surface area contributed by atoms with Crippen molar-refractivity contribution in [1.82, 2.24) is 4.98 Å². The van der Waals surface area contributed by atoms with Crippen molar-refractivity contribution in [2.75, 3.05) is 6.61 Å². The molecule has 0 aliphatic carbocycles. The highest BCUT2D eigenvalue weighted by Gasteiger charge is 2.06. The molecule has 0 atom stereocenters. The Hall–Kier alpha value is -1.52. The zero-order valence-corrected chi connectivity index (χ0v) is 9.25. The Morgan fingerprint density at radius 1 is 1.38 bits per heavy atom. The molecular formula is C12H10FNOS. The van der Waals surface area contributed by atoms with Gasteiger partial charge in [0.25, 0.3) is 0 Å². The first-order valence-electron chi connectivity index (χ1n) is 4.79. The molecule has 4 heteroatoms. The molecular weight excluding hydrogens is 225 g/mol. The van der Waals surface area contributed by atoms with E-state index in [2.05, 4.69) is 4.98 Å². The van der Waals surface area contributed by atoms with Crippen molar-refractivity contribution >= 4 is 17.2 Å². The second-order valence-electron chi connectivity index (χ2n) is 3.11. The normalized spacial score (nSPS) is 11.8. The summed E-state index contributed by atoms with van der Waals surface area (Å²) in [6.45, 7) is -0.289. The highest BCUT2D eigenvalue weighted by molar-refractivity contribution is 7.16. The number of aromatic nitrogens is 1. The number of thiophene rings is 1. The molecule has 2 aromatic heterocycles. The van der Waals surface area contributed by atoms with Gasteiger partial charge in [-0.3, -0.25) is 4.98 Å². The maximum Gasteiger partial charge on any atom is 0.138 e. The van der Waals surface area contributed by atoms with Crippen molar-refractivity contribution in [3.63, 3.8) is 0 Å². The summed E-state index contributed by atoms with van der Waals surface area (Å²) in [5.74, 6) is -0.394. The average Bonchev–Trinajstić information content (AvgIpc) is 2.80. The molecule has 2 aromatic rings. The van der Waals surface area contributed by atoms with Crippen molar-refractivity contribution in [1.29, 1.82) is 0 Å². The monoisotopic (exact) mass is 235 g/mol. The van der Waals surface area contributed by atoms with Crippen molar-refractivity contribution < 1.29 is 9.50 Å². The van der Waals surface area contributed by atoms with Crippen LogP contribution in [-0.2, 0) is 0 Å². The number of rotatable bonds is 3. The third kappa shape index (κ3) is 2.35. The van der Waals surface area contributed by atoms with Crippen LogP contribution in [0.3, 0.4) is 0 Å². The molecule has 2 heterocycles. The quantitative estimate of drug-likeness (QED) is 0.886. The lowest BCUT2D eigenvalue weighted by molar-refractivity contribution is 0.342. The van der Waals surface area contributed by atoms with Gasteiger partial charge in [0.1, 0.15) is 5.83 Å². The number of hydrogen-bond donors (Lipinski definition) is 1. The molecule has 16 heavy (non-hydrogen) atoms. The standard InChI is InChI=1S/C12H10FNOS/c13-9(6-8-15)11-4-5-12(16-11)10-3-1-2-7-14-10/h1-7,15H,8H2/b9-6-. The fourth-order valence-electron chi connectivity index (χ4n) is 1.29. The smallest absolute Gasteiger partial charge is 0.138 e. The Labute approximate surface area is 96.7 Å². The van der Waals surface area contributed by atoms with E-state index in [0.29, 0.717) is 4.88 Å². The summed E-state index contributed by atoms with van der Waals surface area (Å²) >= 11 is 1.32. The number of hydrogen-bond acceptors (Lipinski definition) is 3. The SMILES string of the molecule is OC/C=C(\F)c1ccc(-c2ccccn2)s1. The summed E-state index contributed by atoms with van der Waals surface area (Å²) < 4.78 is 13.4. The molecule has 0 unspecified atom stereocenters. The molecule has 0 amide bonds. The number of halogens is 1. The lowest BCUT2D eigenvalue weighted by Gasteiger charge is -1.94. The highest BCUT2D eigenvalue weighted by Crippen LogP contribution is 2.31. The Kier molecular flexibility index (Phi) is 3.44. The van der Waals surface area contributed by atoms with Crippen LogP contribution >= 0.6 is 11.3 Å². The average molecular weight is 235 g/mol. The minimum Gasteiger partial charge on any atom is -0.392 e. The molecule has 2 rings (SSSR count). The third-order valence-corrected chi connectivity index (χ3v) is 3.15. The summed E-state index contributed by atoms with van der Waals surface area (Å²) in [6.07, 6.45) is 2.85. The molecule has 0 bridgehead atoms. The van der Waals surface area contributed by atoms with E-state index in [1.165, 1.54) is 11.3 Å². The third-order valence-electron chi connectivity index (χ3n) is 2.03. The van der Waals surface area contributed by atoms with Crippen LogP contribution in [0.2, 0.25) is 0 Å². The van der Waals surface area contributed by atoms with Crippen molar-refractivity contribution in [2.24, 2.45) is 0 Å². The molecule has 0 saturated heterocycles. The van der Waals surface area contributed by atoms with E-state index in [0.717, 1.165) is 16.6 Å². The first-order chi connectivity index (χ1) is 7.81. The number of aliphatic hydroxyl groups is 1. The van der Waals surface area contributed by atoms with Gasteiger partial charge in [-0.05, 0) is 30.3 Å². The summed E-state index contributed by atoms with van der Waals surface area (Å²) in [5, 5.41) is 8.60. The predicted molar refractivity (Wildman–Crippen MR) is 63.7 cm³/mol. The number of pyridine rings is 1. The van der Waals surface area contributed by atoms with Crippen LogP contribution in [0.5, 0.6) is 0 Å². The largest absolute Gasteiger partial charge is 0.392 e. The fraction of sp³-hybridized carbons (Fsp3) is 0.0833. The minimum absolute atomic E-state index is 0.289. The van der Waals surface area contributed by atoms with Gasteiger partial charge in [-0.15, -0.1) is 11.3 Å². The van der Waals surface area contributed by atoms with Crippen LogP contribution < -0.4 is 0 Å². The number of nitrogens with zero attached hydrogens (tertiary/aromatic N) is 1. The lowest BCUT2D eigenvalue weighted by Crippen LogP contribution is -1.76. The van der Waals surface area contributed by atoms with E-state index in [4.69, 9.17) is 5.11 Å². The van der Waals surface area contributed by atoms with E-state index in [-0.39, 0.29) is 6.61 Å². The van der Waals surface area contributed by atoms with Crippen molar-refractivity contribution in [3.8, 4) is 10.6 Å². The second-order valence-corrected chi connectivity index (χ2v) is 4.20. The molecule has 0 saturated carbocycles. The topological polar surface area (TPSA) is 33.1 Å². The van der Waals surface area contributed by atoms with Gasteiger partial charge >= 0.3 is 0 Å². The molecule has 0 spiro atoms. The van der Waals surface area contributed by atoms with E-state index >= 15 is 0 Å². The molecule has 0 radical (unpaired) electrons. The van der Waals surface area contributed by atoms with Crippen molar-refractivity contribution in [3.05, 3.63) is 47.5 Å². The summed E-state index contributed by atoms with van der Waals surface area (Å²) in [7, 11) is 0. The molecule has 0 aliphatic heterocycles. The second kappa shape index (κ2) is 5.01. The molecule has 0 fully saturated rings. The molecule has 1 N–H and O–H groups in total. The summed E-state index contributed by atoms with van der Waals surface area (Å²) in [4.78, 5) is 5.61. The van der Waals surface area contributed by atoms with Gasteiger partial charge in [0.05, 0.1) is 22.1 Å².